The minimum atomic E-state index is -4.14. The first-order chi connectivity index (χ1) is 19.0. The third kappa shape index (κ3) is 7.36. The van der Waals surface area contributed by atoms with Crippen LogP contribution in [-0.4, -0.2) is 43.8 Å². The molecule has 0 unspecified atom stereocenters. The Balaban J connectivity index is 2.09. The fourth-order valence-electron chi connectivity index (χ4n) is 4.19. The number of nitrogens with zero attached hydrogens (tertiary/aromatic N) is 2. The summed E-state index contributed by atoms with van der Waals surface area (Å²) in [6.07, 6.45) is 1.26. The third-order valence-corrected chi connectivity index (χ3v) is 9.29. The van der Waals surface area contributed by atoms with Crippen molar-refractivity contribution in [1.82, 2.24) is 10.2 Å². The van der Waals surface area contributed by atoms with Crippen LogP contribution in [-0.2, 0) is 32.6 Å². The average Bonchev–Trinajstić information content (AvgIpc) is 2.95. The van der Waals surface area contributed by atoms with Crippen LogP contribution in [0, 0.1) is 0 Å². The average molecular weight is 605 g/mol. The van der Waals surface area contributed by atoms with Crippen LogP contribution in [0.25, 0.3) is 0 Å². The van der Waals surface area contributed by atoms with Gasteiger partial charge in [-0.3, -0.25) is 13.9 Å². The fraction of sp³-hybridized carbons (Fsp3) is 0.333. The first-order valence-corrected chi connectivity index (χ1v) is 15.4. The lowest BCUT2D eigenvalue weighted by Crippen LogP contribution is -2.52. The molecule has 0 aliphatic carbocycles. The van der Waals surface area contributed by atoms with Crippen LogP contribution in [0.2, 0.25) is 10.0 Å². The Hall–Kier alpha value is -3.07. The third-order valence-electron chi connectivity index (χ3n) is 6.81. The fourth-order valence-corrected chi connectivity index (χ4v) is 6.18. The van der Waals surface area contributed by atoms with Crippen LogP contribution in [0.3, 0.4) is 0 Å². The van der Waals surface area contributed by atoms with E-state index >= 15 is 0 Å². The molecule has 0 fully saturated rings. The highest BCUT2D eigenvalue weighted by Gasteiger charge is 2.34. The van der Waals surface area contributed by atoms with Gasteiger partial charge < -0.3 is 10.2 Å². The van der Waals surface area contributed by atoms with Gasteiger partial charge in [-0.1, -0.05) is 79.5 Å². The van der Waals surface area contributed by atoms with E-state index in [1.54, 1.807) is 55.5 Å². The zero-order valence-electron chi connectivity index (χ0n) is 23.1. The SMILES string of the molecule is CCc1ccccc1N(CC(=O)N(Cc1c(Cl)cccc1Cl)[C@H](C)C(=O)N[C@H](C)CC)S(=O)(=O)c1ccccc1. The van der Waals surface area contributed by atoms with Crippen molar-refractivity contribution in [2.24, 2.45) is 0 Å². The maximum Gasteiger partial charge on any atom is 0.264 e. The summed E-state index contributed by atoms with van der Waals surface area (Å²) >= 11 is 12.9. The van der Waals surface area contributed by atoms with Crippen LogP contribution < -0.4 is 9.62 Å². The highest BCUT2D eigenvalue weighted by molar-refractivity contribution is 7.92. The second-order valence-electron chi connectivity index (χ2n) is 9.52. The van der Waals surface area contributed by atoms with E-state index < -0.39 is 28.5 Å². The molecule has 0 aromatic heterocycles. The molecule has 0 heterocycles. The van der Waals surface area contributed by atoms with Crippen LogP contribution in [0.4, 0.5) is 5.69 Å². The topological polar surface area (TPSA) is 86.8 Å². The number of nitrogens with one attached hydrogen (secondary N) is 1. The van der Waals surface area contributed by atoms with Gasteiger partial charge in [-0.15, -0.1) is 0 Å². The predicted octanol–water partition coefficient (Wildman–Crippen LogP) is 6.08. The lowest BCUT2D eigenvalue weighted by atomic mass is 10.1. The number of sulfonamides is 1. The Bertz CT molecular complexity index is 1410. The van der Waals surface area contributed by atoms with E-state index in [1.165, 1.54) is 17.0 Å². The molecule has 3 aromatic rings. The highest BCUT2D eigenvalue weighted by atomic mass is 35.5. The first kappa shape index (κ1) is 31.5. The van der Waals surface area contributed by atoms with Crippen molar-refractivity contribution >= 4 is 50.7 Å². The number of carbonyl (C=O) groups is 2. The van der Waals surface area contributed by atoms with Crippen molar-refractivity contribution < 1.29 is 18.0 Å². The maximum absolute atomic E-state index is 14.1. The van der Waals surface area contributed by atoms with Gasteiger partial charge >= 0.3 is 0 Å². The molecule has 0 saturated heterocycles. The van der Waals surface area contributed by atoms with Crippen LogP contribution in [0.5, 0.6) is 0 Å². The number of carbonyl (C=O) groups excluding carboxylic acids is 2. The molecule has 214 valence electrons. The Morgan fingerprint density at radius 3 is 2.08 bits per heavy atom. The molecule has 10 heteroatoms. The molecule has 3 rings (SSSR count). The normalized spacial score (nSPS) is 12.8. The van der Waals surface area contributed by atoms with Crippen LogP contribution in [0.1, 0.15) is 45.2 Å². The Labute approximate surface area is 247 Å². The van der Waals surface area contributed by atoms with E-state index in [0.717, 1.165) is 9.87 Å². The number of aryl methyl sites for hydroxylation is 1. The summed E-state index contributed by atoms with van der Waals surface area (Å²) in [5.41, 5.74) is 1.63. The Kier molecular flexibility index (Phi) is 11.0. The van der Waals surface area contributed by atoms with Gasteiger partial charge in [-0.2, -0.15) is 0 Å². The number of hydrogen-bond donors (Lipinski definition) is 1. The number of para-hydroxylation sites is 1. The second-order valence-corrected chi connectivity index (χ2v) is 12.2. The molecular formula is C30H35Cl2N3O4S. The minimum Gasteiger partial charge on any atom is -0.352 e. The standard InChI is InChI=1S/C30H35Cl2N3O4S/c1-5-21(3)33-30(37)22(4)34(19-25-26(31)16-12-17-27(25)32)29(36)20-35(28-18-11-10-13-23(28)6-2)40(38,39)24-14-8-7-9-15-24/h7-18,21-22H,5-6,19-20H2,1-4H3,(H,33,37)/t21-,22-/m1/s1. The highest BCUT2D eigenvalue weighted by Crippen LogP contribution is 2.30. The molecule has 1 N–H and O–H groups in total. The molecule has 0 aliphatic heterocycles. The summed E-state index contributed by atoms with van der Waals surface area (Å²) in [6.45, 7) is 6.73. The maximum atomic E-state index is 14.1. The zero-order chi connectivity index (χ0) is 29.4. The molecule has 7 nitrogen and oxygen atoms in total. The molecule has 3 aromatic carbocycles. The summed E-state index contributed by atoms with van der Waals surface area (Å²) in [7, 11) is -4.14. The van der Waals surface area contributed by atoms with E-state index in [0.29, 0.717) is 34.1 Å². The first-order valence-electron chi connectivity index (χ1n) is 13.2. The summed E-state index contributed by atoms with van der Waals surface area (Å²) in [5.74, 6) is -0.939. The molecular weight excluding hydrogens is 569 g/mol. The number of hydrogen-bond acceptors (Lipinski definition) is 4. The van der Waals surface area contributed by atoms with Crippen molar-refractivity contribution in [2.45, 2.75) is 64.1 Å². The smallest absolute Gasteiger partial charge is 0.264 e. The van der Waals surface area contributed by atoms with Crippen molar-refractivity contribution in [1.29, 1.82) is 0 Å². The van der Waals surface area contributed by atoms with Gasteiger partial charge in [-0.25, -0.2) is 8.42 Å². The van der Waals surface area contributed by atoms with E-state index in [2.05, 4.69) is 5.32 Å². The van der Waals surface area contributed by atoms with E-state index in [1.807, 2.05) is 32.9 Å². The van der Waals surface area contributed by atoms with Crippen LogP contribution >= 0.6 is 23.2 Å². The number of halogens is 2. The Morgan fingerprint density at radius 2 is 1.48 bits per heavy atom. The van der Waals surface area contributed by atoms with Gasteiger partial charge in [0, 0.05) is 28.2 Å². The van der Waals surface area contributed by atoms with Crippen molar-refractivity contribution in [3.8, 4) is 0 Å². The number of benzene rings is 3. The van der Waals surface area contributed by atoms with Gasteiger partial charge in [0.1, 0.15) is 12.6 Å². The largest absolute Gasteiger partial charge is 0.352 e. The van der Waals surface area contributed by atoms with E-state index in [4.69, 9.17) is 23.2 Å². The molecule has 0 saturated carbocycles. The predicted molar refractivity (Wildman–Crippen MR) is 161 cm³/mol. The van der Waals surface area contributed by atoms with Gasteiger partial charge in [0.25, 0.3) is 10.0 Å². The summed E-state index contributed by atoms with van der Waals surface area (Å²) in [6, 6.07) is 19.0. The van der Waals surface area contributed by atoms with Crippen molar-refractivity contribution in [3.63, 3.8) is 0 Å². The van der Waals surface area contributed by atoms with Gasteiger partial charge in [0.05, 0.1) is 10.6 Å². The van der Waals surface area contributed by atoms with Crippen molar-refractivity contribution in [3.05, 3.63) is 94.0 Å². The number of anilines is 1. The summed E-state index contributed by atoms with van der Waals surface area (Å²) in [4.78, 5) is 28.7. The molecule has 0 bridgehead atoms. The van der Waals surface area contributed by atoms with E-state index in [-0.39, 0.29) is 23.4 Å². The van der Waals surface area contributed by atoms with Gasteiger partial charge in [-0.05, 0) is 62.6 Å². The van der Waals surface area contributed by atoms with Crippen LogP contribution in [0.15, 0.2) is 77.7 Å². The zero-order valence-corrected chi connectivity index (χ0v) is 25.4. The minimum absolute atomic E-state index is 0.0527. The molecule has 2 atom stereocenters. The monoisotopic (exact) mass is 603 g/mol. The number of amides is 2. The van der Waals surface area contributed by atoms with Gasteiger partial charge in [0.2, 0.25) is 11.8 Å². The second kappa shape index (κ2) is 14.0. The summed E-state index contributed by atoms with van der Waals surface area (Å²) < 4.78 is 29.0. The number of rotatable bonds is 12. The lowest BCUT2D eigenvalue weighted by molar-refractivity contribution is -0.139. The lowest BCUT2D eigenvalue weighted by Gasteiger charge is -2.33. The summed E-state index contributed by atoms with van der Waals surface area (Å²) in [5, 5.41) is 3.58. The molecule has 0 spiro atoms. The molecule has 0 aliphatic rings. The molecule has 40 heavy (non-hydrogen) atoms. The molecule has 2 amide bonds. The quantitative estimate of drug-likeness (QED) is 0.272. The van der Waals surface area contributed by atoms with Gasteiger partial charge in [0.15, 0.2) is 0 Å². The molecule has 0 radical (unpaired) electrons. The Morgan fingerprint density at radius 1 is 0.875 bits per heavy atom. The van der Waals surface area contributed by atoms with E-state index in [9.17, 15) is 18.0 Å². The van der Waals surface area contributed by atoms with Crippen molar-refractivity contribution in [2.75, 3.05) is 10.8 Å².